The molecule has 5 rings (SSSR count). The molecule has 4 aliphatic carbocycles. The number of nitrogens with one attached hydrogen (secondary N) is 1. The second kappa shape index (κ2) is 6.45. The van der Waals surface area contributed by atoms with Crippen molar-refractivity contribution in [1.29, 1.82) is 0 Å². The Balaban J connectivity index is 1.38. The molecule has 24 heavy (non-hydrogen) atoms. The minimum absolute atomic E-state index is 0.0383. The predicted octanol–water partition coefficient (Wildman–Crippen LogP) is 4.99. The molecule has 0 saturated heterocycles. The van der Waals surface area contributed by atoms with Crippen LogP contribution in [0.15, 0.2) is 18.2 Å². The van der Waals surface area contributed by atoms with E-state index in [-0.39, 0.29) is 5.91 Å². The van der Waals surface area contributed by atoms with Gasteiger partial charge in [-0.05, 0) is 74.5 Å². The molecule has 130 valence electrons. The lowest BCUT2D eigenvalue weighted by molar-refractivity contribution is -0.113. The van der Waals surface area contributed by atoms with Gasteiger partial charge in [0.05, 0.1) is 18.6 Å². The zero-order valence-electron chi connectivity index (χ0n) is 14.0. The van der Waals surface area contributed by atoms with Crippen LogP contribution >= 0.6 is 23.4 Å². The summed E-state index contributed by atoms with van der Waals surface area (Å²) in [6.45, 7) is 0. The molecule has 0 atom stereocenters. The van der Waals surface area contributed by atoms with E-state index in [1.165, 1.54) is 38.5 Å². The average molecular weight is 366 g/mol. The van der Waals surface area contributed by atoms with Crippen molar-refractivity contribution in [3.8, 4) is 5.75 Å². The van der Waals surface area contributed by atoms with E-state index in [1.54, 1.807) is 25.3 Å². The van der Waals surface area contributed by atoms with Gasteiger partial charge < -0.3 is 10.1 Å². The lowest BCUT2D eigenvalue weighted by Crippen LogP contribution is -2.49. The summed E-state index contributed by atoms with van der Waals surface area (Å²) in [5.74, 6) is 3.95. The summed E-state index contributed by atoms with van der Waals surface area (Å²) in [5.41, 5.74) is 0.654. The number of hydrogen-bond donors (Lipinski definition) is 1. The van der Waals surface area contributed by atoms with Crippen molar-refractivity contribution in [1.82, 2.24) is 0 Å². The molecule has 1 aromatic rings. The maximum Gasteiger partial charge on any atom is 0.234 e. The van der Waals surface area contributed by atoms with Crippen LogP contribution in [0, 0.1) is 17.8 Å². The number of anilines is 1. The van der Waals surface area contributed by atoms with Crippen LogP contribution in [0.25, 0.3) is 0 Å². The van der Waals surface area contributed by atoms with Crippen LogP contribution in [-0.4, -0.2) is 23.5 Å². The highest BCUT2D eigenvalue weighted by Crippen LogP contribution is 2.60. The van der Waals surface area contributed by atoms with E-state index in [4.69, 9.17) is 16.3 Å². The lowest BCUT2D eigenvalue weighted by atomic mass is 9.56. The van der Waals surface area contributed by atoms with Crippen LogP contribution in [0.2, 0.25) is 5.02 Å². The number of hydrogen-bond acceptors (Lipinski definition) is 3. The van der Waals surface area contributed by atoms with Gasteiger partial charge in [0.2, 0.25) is 5.91 Å². The fraction of sp³-hybridized carbons (Fsp3) is 0.632. The summed E-state index contributed by atoms with van der Waals surface area (Å²) in [5, 5.41) is 3.56. The molecule has 0 radical (unpaired) electrons. The second-order valence-corrected chi connectivity index (χ2v) is 9.66. The first kappa shape index (κ1) is 16.6. The van der Waals surface area contributed by atoms with Gasteiger partial charge >= 0.3 is 0 Å². The summed E-state index contributed by atoms with van der Waals surface area (Å²) in [4.78, 5) is 12.5. The van der Waals surface area contributed by atoms with Gasteiger partial charge in [0.25, 0.3) is 0 Å². The molecule has 0 aromatic heterocycles. The molecule has 4 saturated carbocycles. The fourth-order valence-electron chi connectivity index (χ4n) is 5.39. The molecule has 0 unspecified atom stereocenters. The molecular weight excluding hydrogens is 342 g/mol. The van der Waals surface area contributed by atoms with Gasteiger partial charge in [0.1, 0.15) is 5.75 Å². The van der Waals surface area contributed by atoms with E-state index >= 15 is 0 Å². The minimum Gasteiger partial charge on any atom is -0.495 e. The molecule has 0 aliphatic heterocycles. The Morgan fingerprint density at radius 1 is 1.25 bits per heavy atom. The standard InChI is InChI=1S/C19H24ClNO2S/c1-23-17-3-2-15(20)7-16(17)21-18(22)11-24-19-8-12-4-13(9-19)6-14(5-12)10-19/h2-3,7,12-14H,4-6,8-11H2,1H3,(H,21,22). The topological polar surface area (TPSA) is 38.3 Å². The second-order valence-electron chi connectivity index (χ2n) is 7.78. The summed E-state index contributed by atoms with van der Waals surface area (Å²) >= 11 is 7.93. The number of carbonyl (C=O) groups is 1. The number of thioether (sulfide) groups is 1. The molecule has 1 N–H and O–H groups in total. The highest BCUT2D eigenvalue weighted by molar-refractivity contribution is 8.01. The van der Waals surface area contributed by atoms with Crippen LogP contribution in [-0.2, 0) is 4.79 Å². The van der Waals surface area contributed by atoms with Crippen molar-refractivity contribution in [2.75, 3.05) is 18.2 Å². The Labute approximate surface area is 152 Å². The van der Waals surface area contributed by atoms with Crippen molar-refractivity contribution in [3.05, 3.63) is 23.2 Å². The lowest BCUT2D eigenvalue weighted by Gasteiger charge is -2.56. The van der Waals surface area contributed by atoms with Crippen molar-refractivity contribution in [3.63, 3.8) is 0 Å². The van der Waals surface area contributed by atoms with Gasteiger partial charge in [0.15, 0.2) is 0 Å². The summed E-state index contributed by atoms with van der Waals surface area (Å²) in [6, 6.07) is 5.29. The third-order valence-electron chi connectivity index (χ3n) is 5.93. The van der Waals surface area contributed by atoms with Crippen LogP contribution in [0.1, 0.15) is 38.5 Å². The number of methoxy groups -OCH3 is 1. The van der Waals surface area contributed by atoms with Gasteiger partial charge in [-0.15, -0.1) is 11.8 Å². The largest absolute Gasteiger partial charge is 0.495 e. The predicted molar refractivity (Wildman–Crippen MR) is 100.0 cm³/mol. The zero-order valence-corrected chi connectivity index (χ0v) is 15.6. The van der Waals surface area contributed by atoms with Crippen LogP contribution in [0.4, 0.5) is 5.69 Å². The first-order chi connectivity index (χ1) is 11.5. The Bertz CT molecular complexity index is 613. The Morgan fingerprint density at radius 2 is 1.88 bits per heavy atom. The molecule has 1 aromatic carbocycles. The summed E-state index contributed by atoms with van der Waals surface area (Å²) < 4.78 is 5.67. The number of ether oxygens (including phenoxy) is 1. The molecule has 0 spiro atoms. The van der Waals surface area contributed by atoms with Crippen molar-refractivity contribution in [2.45, 2.75) is 43.3 Å². The highest BCUT2D eigenvalue weighted by atomic mass is 35.5. The Hall–Kier alpha value is -0.870. The fourth-order valence-corrected chi connectivity index (χ4v) is 7.13. The SMILES string of the molecule is COc1ccc(Cl)cc1NC(=O)CSC12CC3CC(CC(C3)C1)C2. The van der Waals surface area contributed by atoms with E-state index < -0.39 is 0 Å². The van der Waals surface area contributed by atoms with Gasteiger partial charge in [-0.25, -0.2) is 0 Å². The zero-order chi connectivity index (χ0) is 16.7. The maximum atomic E-state index is 12.5. The van der Waals surface area contributed by atoms with Crippen LogP contribution < -0.4 is 10.1 Å². The summed E-state index contributed by atoms with van der Waals surface area (Å²) in [7, 11) is 1.60. The summed E-state index contributed by atoms with van der Waals surface area (Å²) in [6.07, 6.45) is 8.26. The van der Waals surface area contributed by atoms with Gasteiger partial charge in [0, 0.05) is 9.77 Å². The molecule has 3 nitrogen and oxygen atoms in total. The number of rotatable bonds is 5. The normalized spacial score (nSPS) is 33.5. The smallest absolute Gasteiger partial charge is 0.234 e. The van der Waals surface area contributed by atoms with E-state index in [2.05, 4.69) is 5.32 Å². The first-order valence-corrected chi connectivity index (χ1v) is 10.2. The molecule has 0 heterocycles. The van der Waals surface area contributed by atoms with Gasteiger partial charge in [-0.3, -0.25) is 4.79 Å². The average Bonchev–Trinajstić information content (AvgIpc) is 2.52. The third-order valence-corrected chi connectivity index (χ3v) is 7.68. The van der Waals surface area contributed by atoms with E-state index in [9.17, 15) is 4.79 Å². The highest BCUT2D eigenvalue weighted by Gasteiger charge is 2.51. The number of benzene rings is 1. The Morgan fingerprint density at radius 3 is 2.46 bits per heavy atom. The van der Waals surface area contributed by atoms with E-state index in [0.29, 0.717) is 27.0 Å². The molecule has 5 heteroatoms. The van der Waals surface area contributed by atoms with Crippen molar-refractivity contribution < 1.29 is 9.53 Å². The Kier molecular flexibility index (Phi) is 4.46. The van der Waals surface area contributed by atoms with Gasteiger partial charge in [-0.2, -0.15) is 0 Å². The monoisotopic (exact) mass is 365 g/mol. The van der Waals surface area contributed by atoms with Gasteiger partial charge in [-0.1, -0.05) is 11.6 Å². The number of halogens is 1. The quantitative estimate of drug-likeness (QED) is 0.798. The molecule has 4 bridgehead atoms. The number of carbonyl (C=O) groups excluding carboxylic acids is 1. The van der Waals surface area contributed by atoms with Crippen LogP contribution in [0.3, 0.4) is 0 Å². The molecule has 4 fully saturated rings. The van der Waals surface area contributed by atoms with Crippen molar-refractivity contribution >= 4 is 35.0 Å². The maximum absolute atomic E-state index is 12.5. The van der Waals surface area contributed by atoms with E-state index in [0.717, 1.165) is 17.8 Å². The molecule has 1 amide bonds. The minimum atomic E-state index is 0.0383. The third kappa shape index (κ3) is 3.28. The molecule has 4 aliphatic rings. The van der Waals surface area contributed by atoms with E-state index in [1.807, 2.05) is 11.8 Å². The number of amides is 1. The van der Waals surface area contributed by atoms with Crippen molar-refractivity contribution in [2.24, 2.45) is 17.8 Å². The van der Waals surface area contributed by atoms with Crippen LogP contribution in [0.5, 0.6) is 5.75 Å². The first-order valence-electron chi connectivity index (χ1n) is 8.82. The molecular formula is C19H24ClNO2S.